The first-order valence-electron chi connectivity index (χ1n) is 9.74. The number of thioether (sulfide) groups is 2. The number of carboxylic acid groups (broad SMARTS) is 1. The molecule has 1 unspecified atom stereocenters. The number of oxime groups is 1. The number of carboxylic acids is 1. The van der Waals surface area contributed by atoms with Gasteiger partial charge in [0.1, 0.15) is 35.6 Å². The lowest BCUT2D eigenvalue weighted by Gasteiger charge is -2.49. The van der Waals surface area contributed by atoms with Crippen molar-refractivity contribution in [1.82, 2.24) is 30.4 Å². The van der Waals surface area contributed by atoms with Gasteiger partial charge in [0, 0.05) is 17.6 Å². The minimum Gasteiger partial charge on any atom is -0.481 e. The topological polar surface area (TPSA) is 195 Å². The van der Waals surface area contributed by atoms with E-state index in [4.69, 9.17) is 15.3 Å². The smallest absolute Gasteiger partial charge is 0.352 e. The van der Waals surface area contributed by atoms with Crippen molar-refractivity contribution >= 4 is 64.2 Å². The zero-order valence-electron chi connectivity index (χ0n) is 18.2. The fourth-order valence-electron chi connectivity index (χ4n) is 3.31. The number of β-lactam (4-membered cyclic amide) rings is 1. The van der Waals surface area contributed by atoms with Crippen LogP contribution in [0.1, 0.15) is 5.82 Å². The summed E-state index contributed by atoms with van der Waals surface area (Å²) >= 11 is 4.03. The number of fused-ring (bicyclic) bond motifs is 1. The summed E-state index contributed by atoms with van der Waals surface area (Å²) in [6.07, 6.45) is 0. The molecule has 184 valence electrons. The number of carbonyl (C=O) groups excluding carboxylic acids is 2. The average molecular weight is 539 g/mol. The van der Waals surface area contributed by atoms with E-state index in [0.717, 1.165) is 0 Å². The summed E-state index contributed by atoms with van der Waals surface area (Å²) in [6, 6.07) is 0.377. The van der Waals surface area contributed by atoms with Crippen molar-refractivity contribution in [3.05, 3.63) is 28.7 Å². The highest BCUT2D eigenvalue weighted by molar-refractivity contribution is 8.01. The van der Waals surface area contributed by atoms with E-state index in [1.54, 1.807) is 5.51 Å². The summed E-state index contributed by atoms with van der Waals surface area (Å²) in [5, 5.41) is 23.1. The molecule has 4 rings (SSSR count). The molecule has 2 aliphatic heterocycles. The fraction of sp³-hybridized carbons (Fsp3) is 0.333. The maximum Gasteiger partial charge on any atom is 0.352 e. The molecule has 2 aliphatic rings. The standard InChI is InChI=1S/C18H18N8O6S3/c1-31-9-3-8(19)21-13(22-9)10(25-32-2)14(27)23-11-15(28)26-12(17(29)30)7(4-33-16(11)26)5-34-18-24-20-6-35-18/h3,6,11,16H,4-5H2,1-2H3,(H,23,27)(H,29,30)(H2,19,21,22)/b25-10-/t11?,16-/m1/s1. The number of nitrogens with one attached hydrogen (secondary N) is 1. The Morgan fingerprint density at radius 2 is 2.20 bits per heavy atom. The SMILES string of the molecule is CO/N=C(\C(=O)NC1C(=O)N2C(C(=O)O)=C(CSc3nncs3)CS[C@H]12)c1nc(N)cc(OC)n1. The van der Waals surface area contributed by atoms with Gasteiger partial charge in [-0.15, -0.1) is 22.0 Å². The number of rotatable bonds is 9. The number of methoxy groups -OCH3 is 1. The van der Waals surface area contributed by atoms with Gasteiger partial charge in [0.2, 0.25) is 11.6 Å². The molecule has 0 radical (unpaired) electrons. The van der Waals surface area contributed by atoms with Crippen LogP contribution in [0, 0.1) is 0 Å². The third kappa shape index (κ3) is 5.01. The monoisotopic (exact) mass is 538 g/mol. The maximum absolute atomic E-state index is 13.0. The minimum atomic E-state index is -1.22. The van der Waals surface area contributed by atoms with Gasteiger partial charge in [0.15, 0.2) is 10.2 Å². The zero-order valence-corrected chi connectivity index (χ0v) is 20.6. The van der Waals surface area contributed by atoms with Crippen LogP contribution in [-0.2, 0) is 19.2 Å². The Kier molecular flexibility index (Phi) is 7.37. The van der Waals surface area contributed by atoms with Gasteiger partial charge in [-0.3, -0.25) is 14.5 Å². The van der Waals surface area contributed by atoms with Crippen LogP contribution in [0.4, 0.5) is 5.82 Å². The molecule has 4 heterocycles. The normalized spacial score (nSPS) is 19.7. The quantitative estimate of drug-likeness (QED) is 0.164. The second-order valence-electron chi connectivity index (χ2n) is 6.89. The maximum atomic E-state index is 13.0. The van der Waals surface area contributed by atoms with Crippen molar-refractivity contribution in [2.24, 2.45) is 5.16 Å². The third-order valence-corrected chi connectivity index (χ3v) is 8.07. The molecule has 2 amide bonds. The largest absolute Gasteiger partial charge is 0.481 e. The van der Waals surface area contributed by atoms with Crippen molar-refractivity contribution in [2.45, 2.75) is 15.8 Å². The van der Waals surface area contributed by atoms with Crippen LogP contribution in [0.25, 0.3) is 0 Å². The van der Waals surface area contributed by atoms with Gasteiger partial charge in [-0.25, -0.2) is 9.78 Å². The number of amides is 2. The van der Waals surface area contributed by atoms with E-state index in [-0.39, 0.29) is 28.9 Å². The Morgan fingerprint density at radius 3 is 2.86 bits per heavy atom. The molecule has 35 heavy (non-hydrogen) atoms. The molecule has 2 aromatic rings. The number of ether oxygens (including phenoxy) is 1. The van der Waals surface area contributed by atoms with Gasteiger partial charge in [-0.1, -0.05) is 28.3 Å². The number of anilines is 1. The summed E-state index contributed by atoms with van der Waals surface area (Å²) < 4.78 is 5.73. The van der Waals surface area contributed by atoms with E-state index in [0.29, 0.717) is 21.4 Å². The average Bonchev–Trinajstić information content (AvgIpc) is 3.36. The Balaban J connectivity index is 1.51. The van der Waals surface area contributed by atoms with Crippen LogP contribution >= 0.6 is 34.9 Å². The third-order valence-electron chi connectivity index (χ3n) is 4.79. The zero-order chi connectivity index (χ0) is 25.1. The van der Waals surface area contributed by atoms with Crippen molar-refractivity contribution in [2.75, 3.05) is 31.5 Å². The van der Waals surface area contributed by atoms with E-state index < -0.39 is 29.2 Å². The highest BCUT2D eigenvalue weighted by Crippen LogP contribution is 2.41. The van der Waals surface area contributed by atoms with Crippen LogP contribution in [-0.4, -0.2) is 90.8 Å². The second kappa shape index (κ2) is 10.4. The second-order valence-corrected chi connectivity index (χ2v) is 10.1. The highest BCUT2D eigenvalue weighted by atomic mass is 32.2. The highest BCUT2D eigenvalue weighted by Gasteiger charge is 2.54. The molecule has 0 spiro atoms. The molecule has 14 nitrogen and oxygen atoms in total. The molecule has 0 bridgehead atoms. The lowest BCUT2D eigenvalue weighted by Crippen LogP contribution is -2.71. The molecule has 4 N–H and O–H groups in total. The van der Waals surface area contributed by atoms with Crippen LogP contribution in [0.2, 0.25) is 0 Å². The summed E-state index contributed by atoms with van der Waals surface area (Å²) in [7, 11) is 2.60. The van der Waals surface area contributed by atoms with Crippen molar-refractivity contribution in [3.63, 3.8) is 0 Å². The minimum absolute atomic E-state index is 0.0346. The Hall–Kier alpha value is -3.44. The number of hydrogen-bond donors (Lipinski definition) is 3. The number of carbonyl (C=O) groups is 3. The lowest BCUT2D eigenvalue weighted by atomic mass is 10.0. The molecule has 0 aromatic carbocycles. The van der Waals surface area contributed by atoms with Gasteiger partial charge >= 0.3 is 5.97 Å². The van der Waals surface area contributed by atoms with E-state index in [2.05, 4.69) is 30.6 Å². The Morgan fingerprint density at radius 1 is 1.40 bits per heavy atom. The summed E-state index contributed by atoms with van der Waals surface area (Å²) in [4.78, 5) is 51.9. The predicted octanol–water partition coefficient (Wildman–Crippen LogP) is -0.200. The molecular weight excluding hydrogens is 520 g/mol. The number of aliphatic carboxylic acids is 1. The van der Waals surface area contributed by atoms with E-state index in [1.165, 1.54) is 60.0 Å². The van der Waals surface area contributed by atoms with E-state index >= 15 is 0 Å². The Bertz CT molecular complexity index is 1220. The number of nitrogens with two attached hydrogens (primary N) is 1. The molecule has 1 fully saturated rings. The van der Waals surface area contributed by atoms with Crippen LogP contribution in [0.15, 0.2) is 32.3 Å². The van der Waals surface area contributed by atoms with Gasteiger partial charge in [0.05, 0.1) is 7.11 Å². The Labute approximate surface area is 210 Å². The predicted molar refractivity (Wildman–Crippen MR) is 127 cm³/mol. The summed E-state index contributed by atoms with van der Waals surface area (Å²) in [5.74, 6) is -1.89. The van der Waals surface area contributed by atoms with Crippen molar-refractivity contribution < 1.29 is 29.1 Å². The van der Waals surface area contributed by atoms with Gasteiger partial charge < -0.3 is 25.7 Å². The summed E-state index contributed by atoms with van der Waals surface area (Å²) in [6.45, 7) is 0. The first-order valence-corrected chi connectivity index (χ1v) is 12.6. The molecule has 0 aliphatic carbocycles. The first kappa shape index (κ1) is 24.7. The molecular formula is C18H18N8O6S3. The molecule has 2 aromatic heterocycles. The number of hydrogen-bond acceptors (Lipinski definition) is 14. The molecule has 1 saturated heterocycles. The van der Waals surface area contributed by atoms with Crippen molar-refractivity contribution in [3.8, 4) is 5.88 Å². The number of aromatic nitrogens is 4. The van der Waals surface area contributed by atoms with Gasteiger partial charge in [-0.2, -0.15) is 4.98 Å². The fourth-order valence-corrected chi connectivity index (χ4v) is 6.28. The van der Waals surface area contributed by atoms with Crippen LogP contribution in [0.5, 0.6) is 5.88 Å². The number of nitrogens with zero attached hydrogens (tertiary/aromatic N) is 6. The van der Waals surface area contributed by atoms with E-state index in [1.807, 2.05) is 0 Å². The first-order chi connectivity index (χ1) is 16.8. The molecule has 2 atom stereocenters. The van der Waals surface area contributed by atoms with Crippen LogP contribution in [0.3, 0.4) is 0 Å². The number of nitrogen functional groups attached to an aromatic ring is 1. The van der Waals surface area contributed by atoms with Crippen molar-refractivity contribution in [1.29, 1.82) is 0 Å². The van der Waals surface area contributed by atoms with Gasteiger partial charge in [0.25, 0.3) is 11.8 Å². The lowest BCUT2D eigenvalue weighted by molar-refractivity contribution is -0.150. The van der Waals surface area contributed by atoms with E-state index in [9.17, 15) is 19.5 Å². The summed E-state index contributed by atoms with van der Waals surface area (Å²) in [5.41, 5.74) is 7.49. The molecule has 0 saturated carbocycles. The van der Waals surface area contributed by atoms with Crippen LogP contribution < -0.4 is 15.8 Å². The molecule has 17 heteroatoms. The van der Waals surface area contributed by atoms with Gasteiger partial charge in [-0.05, 0) is 5.57 Å².